The monoisotopic (exact) mass is 428 g/mol. The van der Waals surface area contributed by atoms with Crippen molar-refractivity contribution in [2.45, 2.75) is 31.4 Å². The molecule has 2 aliphatic heterocycles. The average molecular weight is 429 g/mol. The first-order chi connectivity index (χ1) is 14.5. The summed E-state index contributed by atoms with van der Waals surface area (Å²) in [5, 5.41) is 2.93. The summed E-state index contributed by atoms with van der Waals surface area (Å²) in [5.41, 5.74) is 1.46. The summed E-state index contributed by atoms with van der Waals surface area (Å²) in [6, 6.07) is 13.0. The summed E-state index contributed by atoms with van der Waals surface area (Å²) in [5.74, 6) is 0.694. The summed E-state index contributed by atoms with van der Waals surface area (Å²) >= 11 is 0. The van der Waals surface area contributed by atoms with Gasteiger partial charge in [-0.05, 0) is 43.4 Å². The molecule has 1 aromatic carbocycles. The van der Waals surface area contributed by atoms with Gasteiger partial charge in [0, 0.05) is 32.1 Å². The Kier molecular flexibility index (Phi) is 6.34. The Morgan fingerprint density at radius 3 is 2.33 bits per heavy atom. The molecule has 2 saturated heterocycles. The normalized spacial score (nSPS) is 18.5. The van der Waals surface area contributed by atoms with Crippen LogP contribution in [0.25, 0.3) is 0 Å². The van der Waals surface area contributed by atoms with E-state index in [-0.39, 0.29) is 17.6 Å². The summed E-state index contributed by atoms with van der Waals surface area (Å²) in [6.45, 7) is 2.81. The Balaban J connectivity index is 1.29. The minimum atomic E-state index is -3.37. The third-order valence-electron chi connectivity index (χ3n) is 5.86. The largest absolute Gasteiger partial charge is 0.357 e. The molecule has 4 rings (SSSR count). The Bertz CT molecular complexity index is 950. The van der Waals surface area contributed by atoms with Gasteiger partial charge < -0.3 is 10.2 Å². The van der Waals surface area contributed by atoms with Crippen molar-refractivity contribution in [2.24, 2.45) is 5.92 Å². The first-order valence-electron chi connectivity index (χ1n) is 10.5. The number of aromatic nitrogens is 1. The lowest BCUT2D eigenvalue weighted by Gasteiger charge is -2.30. The molecular weight excluding hydrogens is 400 g/mol. The number of anilines is 2. The zero-order chi connectivity index (χ0) is 21.0. The highest BCUT2D eigenvalue weighted by atomic mass is 32.2. The van der Waals surface area contributed by atoms with E-state index in [2.05, 4.69) is 15.2 Å². The zero-order valence-electron chi connectivity index (χ0n) is 17.0. The summed E-state index contributed by atoms with van der Waals surface area (Å²) in [7, 11) is -3.37. The van der Waals surface area contributed by atoms with Crippen LogP contribution in [0.1, 0.15) is 31.2 Å². The third kappa shape index (κ3) is 4.99. The van der Waals surface area contributed by atoms with Crippen molar-refractivity contribution in [2.75, 3.05) is 36.4 Å². The number of pyridine rings is 1. The lowest BCUT2D eigenvalue weighted by molar-refractivity contribution is -0.120. The molecule has 2 aromatic rings. The number of hydrogen-bond donors (Lipinski definition) is 1. The molecule has 160 valence electrons. The van der Waals surface area contributed by atoms with E-state index in [4.69, 9.17) is 0 Å². The molecular formula is C22H28N4O3S. The smallest absolute Gasteiger partial charge is 0.227 e. The van der Waals surface area contributed by atoms with Gasteiger partial charge in [0.05, 0.1) is 17.6 Å². The number of hydrogen-bond acceptors (Lipinski definition) is 5. The van der Waals surface area contributed by atoms with Gasteiger partial charge in [-0.15, -0.1) is 0 Å². The van der Waals surface area contributed by atoms with Gasteiger partial charge in [0.15, 0.2) is 0 Å². The van der Waals surface area contributed by atoms with Crippen molar-refractivity contribution in [3.8, 4) is 0 Å². The minimum Gasteiger partial charge on any atom is -0.357 e. The fraction of sp³-hybridized carbons (Fsp3) is 0.455. The highest BCUT2D eigenvalue weighted by Crippen LogP contribution is 2.24. The molecule has 8 heteroatoms. The number of carbonyl (C=O) groups is 1. The number of nitrogens with zero attached hydrogens (tertiary/aromatic N) is 3. The number of nitrogens with one attached hydrogen (secondary N) is 1. The van der Waals surface area contributed by atoms with Crippen LogP contribution >= 0.6 is 0 Å². The molecule has 1 aromatic heterocycles. The van der Waals surface area contributed by atoms with E-state index in [1.165, 1.54) is 17.1 Å². The van der Waals surface area contributed by atoms with Crippen molar-refractivity contribution in [1.82, 2.24) is 9.29 Å². The summed E-state index contributed by atoms with van der Waals surface area (Å²) < 4.78 is 26.9. The van der Waals surface area contributed by atoms with Crippen molar-refractivity contribution >= 4 is 27.4 Å². The molecule has 2 fully saturated rings. The molecule has 0 atom stereocenters. The Morgan fingerprint density at radius 1 is 1.00 bits per heavy atom. The topological polar surface area (TPSA) is 82.6 Å². The molecule has 0 spiro atoms. The van der Waals surface area contributed by atoms with E-state index in [0.717, 1.165) is 24.5 Å². The van der Waals surface area contributed by atoms with Crippen LogP contribution in [0.3, 0.4) is 0 Å². The van der Waals surface area contributed by atoms with Gasteiger partial charge in [-0.25, -0.2) is 17.7 Å². The van der Waals surface area contributed by atoms with E-state index >= 15 is 0 Å². The maximum Gasteiger partial charge on any atom is 0.227 e. The number of amides is 1. The van der Waals surface area contributed by atoms with E-state index in [9.17, 15) is 13.2 Å². The number of piperidine rings is 1. The van der Waals surface area contributed by atoms with Gasteiger partial charge in [0.2, 0.25) is 15.9 Å². The van der Waals surface area contributed by atoms with E-state index < -0.39 is 10.0 Å². The molecule has 0 saturated carbocycles. The molecule has 2 aliphatic rings. The van der Waals surface area contributed by atoms with Crippen LogP contribution in [-0.2, 0) is 20.6 Å². The molecule has 0 radical (unpaired) electrons. The highest BCUT2D eigenvalue weighted by molar-refractivity contribution is 7.88. The van der Waals surface area contributed by atoms with Crippen molar-refractivity contribution in [3.63, 3.8) is 0 Å². The van der Waals surface area contributed by atoms with Crippen molar-refractivity contribution < 1.29 is 13.2 Å². The first kappa shape index (κ1) is 20.8. The van der Waals surface area contributed by atoms with Crippen LogP contribution < -0.4 is 10.2 Å². The second-order valence-electron chi connectivity index (χ2n) is 8.00. The van der Waals surface area contributed by atoms with Gasteiger partial charge in [0.25, 0.3) is 0 Å². The fourth-order valence-corrected chi connectivity index (χ4v) is 5.67. The third-order valence-corrected chi connectivity index (χ3v) is 7.71. The highest BCUT2D eigenvalue weighted by Gasteiger charge is 2.31. The number of sulfonamides is 1. The minimum absolute atomic E-state index is 0.000259. The molecule has 3 heterocycles. The molecule has 0 unspecified atom stereocenters. The van der Waals surface area contributed by atoms with E-state index in [0.29, 0.717) is 31.6 Å². The van der Waals surface area contributed by atoms with E-state index in [1.54, 1.807) is 6.20 Å². The molecule has 0 bridgehead atoms. The van der Waals surface area contributed by atoms with Gasteiger partial charge >= 0.3 is 0 Å². The molecule has 30 heavy (non-hydrogen) atoms. The van der Waals surface area contributed by atoms with Crippen LogP contribution in [0.4, 0.5) is 11.5 Å². The Labute approximate surface area is 178 Å². The lowest BCUT2D eigenvalue weighted by atomic mass is 9.97. The quantitative estimate of drug-likeness (QED) is 0.765. The van der Waals surface area contributed by atoms with Crippen LogP contribution in [0.15, 0.2) is 48.7 Å². The SMILES string of the molecule is O=C(Nc1ccc(N2CCCC2)nc1)C1CCN(S(=O)(=O)Cc2ccccc2)CC1. The van der Waals surface area contributed by atoms with Gasteiger partial charge in [0.1, 0.15) is 5.82 Å². The molecule has 7 nitrogen and oxygen atoms in total. The summed E-state index contributed by atoms with van der Waals surface area (Å²) in [4.78, 5) is 19.4. The lowest BCUT2D eigenvalue weighted by Crippen LogP contribution is -2.41. The zero-order valence-corrected chi connectivity index (χ0v) is 17.9. The van der Waals surface area contributed by atoms with Crippen molar-refractivity contribution in [1.29, 1.82) is 0 Å². The number of carbonyl (C=O) groups excluding carboxylic acids is 1. The predicted molar refractivity (Wildman–Crippen MR) is 118 cm³/mol. The van der Waals surface area contributed by atoms with Gasteiger partial charge in [-0.2, -0.15) is 0 Å². The maximum absolute atomic E-state index is 12.7. The maximum atomic E-state index is 12.7. The Hall–Kier alpha value is -2.45. The van der Waals surface area contributed by atoms with Crippen molar-refractivity contribution in [3.05, 3.63) is 54.2 Å². The van der Waals surface area contributed by atoms with Gasteiger partial charge in [-0.3, -0.25) is 4.79 Å². The summed E-state index contributed by atoms with van der Waals surface area (Å²) in [6.07, 6.45) is 5.14. The predicted octanol–water partition coefficient (Wildman–Crippen LogP) is 2.86. The standard InChI is InChI=1S/C22H28N4O3S/c27-22(24-20-8-9-21(23-16-20)25-12-4-5-13-25)19-10-14-26(15-11-19)30(28,29)17-18-6-2-1-3-7-18/h1-3,6-9,16,19H,4-5,10-15,17H2,(H,24,27). The second-order valence-corrected chi connectivity index (χ2v) is 9.97. The van der Waals surface area contributed by atoms with E-state index in [1.807, 2.05) is 42.5 Å². The number of benzene rings is 1. The van der Waals surface area contributed by atoms with Crippen LogP contribution in [0.2, 0.25) is 0 Å². The van der Waals surface area contributed by atoms with Crippen LogP contribution in [0.5, 0.6) is 0 Å². The van der Waals surface area contributed by atoms with Crippen LogP contribution in [-0.4, -0.2) is 49.8 Å². The molecule has 1 N–H and O–H groups in total. The average Bonchev–Trinajstić information content (AvgIpc) is 3.30. The Morgan fingerprint density at radius 2 is 1.70 bits per heavy atom. The first-order valence-corrected chi connectivity index (χ1v) is 12.2. The van der Waals surface area contributed by atoms with Gasteiger partial charge in [-0.1, -0.05) is 30.3 Å². The second kappa shape index (κ2) is 9.14. The number of rotatable bonds is 6. The molecule has 1 amide bonds. The van der Waals surface area contributed by atoms with Crippen LogP contribution in [0, 0.1) is 5.92 Å². The molecule has 0 aliphatic carbocycles. The fourth-order valence-electron chi connectivity index (χ4n) is 4.11.